The van der Waals surface area contributed by atoms with Gasteiger partial charge in [0.25, 0.3) is 5.91 Å². The smallest absolute Gasteiger partial charge is 0.251 e. The average molecular weight is 460 g/mol. The highest BCUT2D eigenvalue weighted by molar-refractivity contribution is 7.92. The first-order chi connectivity index (χ1) is 15.2. The first kappa shape index (κ1) is 22.7. The predicted molar refractivity (Wildman–Crippen MR) is 120 cm³/mol. The second-order valence-electron chi connectivity index (χ2n) is 6.55. The fourth-order valence-corrected chi connectivity index (χ4v) is 3.31. The van der Waals surface area contributed by atoms with Crippen LogP contribution in [0.3, 0.4) is 0 Å². The van der Waals surface area contributed by atoms with Gasteiger partial charge in [0.15, 0.2) is 11.6 Å². The van der Waals surface area contributed by atoms with Crippen LogP contribution in [0.25, 0.3) is 0 Å². The Balaban J connectivity index is 1.92. The number of benzene rings is 2. The van der Waals surface area contributed by atoms with Gasteiger partial charge in [0.05, 0.1) is 36.6 Å². The summed E-state index contributed by atoms with van der Waals surface area (Å²) in [4.78, 5) is 20.0. The number of hydrogen-bond donors (Lipinski definition) is 4. The summed E-state index contributed by atoms with van der Waals surface area (Å²) in [5.41, 5.74) is 1.28. The first-order valence-electron chi connectivity index (χ1n) is 9.23. The van der Waals surface area contributed by atoms with Gasteiger partial charge in [0, 0.05) is 12.6 Å². The molecule has 0 spiro atoms. The summed E-state index contributed by atoms with van der Waals surface area (Å²) in [7, 11) is -0.574. The van der Waals surface area contributed by atoms with Crippen molar-refractivity contribution in [3.8, 4) is 5.75 Å². The lowest BCUT2D eigenvalue weighted by molar-refractivity contribution is 0.0963. The normalized spacial score (nSPS) is 10.9. The Morgan fingerprint density at radius 3 is 2.44 bits per heavy atom. The molecule has 0 bridgehead atoms. The van der Waals surface area contributed by atoms with Crippen molar-refractivity contribution in [2.24, 2.45) is 0 Å². The molecule has 12 heteroatoms. The maximum absolute atomic E-state index is 14.4. The number of nitrogens with one attached hydrogen (secondary N) is 4. The third-order valence-electron chi connectivity index (χ3n) is 4.15. The Bertz CT molecular complexity index is 1250. The lowest BCUT2D eigenvalue weighted by Crippen LogP contribution is -2.17. The molecule has 3 aromatic rings. The Kier molecular flexibility index (Phi) is 6.73. The van der Waals surface area contributed by atoms with Gasteiger partial charge in [-0.1, -0.05) is 12.1 Å². The fraction of sp³-hybridized carbons (Fsp3) is 0.150. The summed E-state index contributed by atoms with van der Waals surface area (Å²) in [6.45, 7) is 0. The van der Waals surface area contributed by atoms with E-state index in [4.69, 9.17) is 4.74 Å². The molecule has 0 saturated heterocycles. The number of rotatable bonds is 8. The highest BCUT2D eigenvalue weighted by atomic mass is 32.2. The molecule has 0 aliphatic carbocycles. The summed E-state index contributed by atoms with van der Waals surface area (Å²) in [6, 6.07) is 11.1. The molecular weight excluding hydrogens is 439 g/mol. The van der Waals surface area contributed by atoms with Crippen molar-refractivity contribution >= 4 is 44.8 Å². The van der Waals surface area contributed by atoms with Gasteiger partial charge in [-0.3, -0.25) is 9.52 Å². The van der Waals surface area contributed by atoms with Crippen molar-refractivity contribution in [1.82, 2.24) is 15.3 Å². The number of carbonyl (C=O) groups is 1. The predicted octanol–water partition coefficient (Wildman–Crippen LogP) is 2.84. The molecule has 1 heterocycles. The number of sulfonamides is 1. The molecule has 0 atom stereocenters. The zero-order valence-corrected chi connectivity index (χ0v) is 18.2. The van der Waals surface area contributed by atoms with Crippen LogP contribution in [0.15, 0.2) is 48.7 Å². The Labute approximate surface area is 184 Å². The summed E-state index contributed by atoms with van der Waals surface area (Å²) < 4.78 is 45.2. The molecule has 10 nitrogen and oxygen atoms in total. The van der Waals surface area contributed by atoms with Gasteiger partial charge in [0.1, 0.15) is 5.75 Å². The third kappa shape index (κ3) is 5.60. The van der Waals surface area contributed by atoms with Crippen molar-refractivity contribution in [1.29, 1.82) is 0 Å². The highest BCUT2D eigenvalue weighted by Gasteiger charge is 2.14. The zero-order valence-electron chi connectivity index (χ0n) is 17.4. The number of halogens is 1. The maximum Gasteiger partial charge on any atom is 0.251 e. The minimum atomic E-state index is -3.55. The molecule has 4 N–H and O–H groups in total. The number of para-hydroxylation sites is 2. The number of anilines is 5. The van der Waals surface area contributed by atoms with Crippen molar-refractivity contribution in [2.75, 3.05) is 35.8 Å². The van der Waals surface area contributed by atoms with Gasteiger partial charge in [-0.2, -0.15) is 4.98 Å². The molecule has 1 amide bonds. The summed E-state index contributed by atoms with van der Waals surface area (Å²) in [5, 5.41) is 8.20. The molecule has 168 valence electrons. The monoisotopic (exact) mass is 460 g/mol. The number of methoxy groups -OCH3 is 1. The Morgan fingerprint density at radius 2 is 1.78 bits per heavy atom. The molecule has 0 aliphatic heterocycles. The van der Waals surface area contributed by atoms with Gasteiger partial charge in [-0.05, 0) is 30.3 Å². The second-order valence-corrected chi connectivity index (χ2v) is 8.30. The van der Waals surface area contributed by atoms with E-state index in [1.165, 1.54) is 20.2 Å². The summed E-state index contributed by atoms with van der Waals surface area (Å²) in [5.74, 6) is -0.798. The van der Waals surface area contributed by atoms with E-state index in [1.807, 2.05) is 0 Å². The maximum atomic E-state index is 14.4. The minimum absolute atomic E-state index is 0.0230. The minimum Gasteiger partial charge on any atom is -0.495 e. The Hall–Kier alpha value is -3.93. The van der Waals surface area contributed by atoms with Crippen LogP contribution in [0, 0.1) is 5.82 Å². The van der Waals surface area contributed by atoms with Gasteiger partial charge in [-0.15, -0.1) is 0 Å². The van der Waals surface area contributed by atoms with E-state index < -0.39 is 15.8 Å². The Morgan fingerprint density at radius 1 is 1.06 bits per heavy atom. The van der Waals surface area contributed by atoms with Crippen LogP contribution in [-0.2, 0) is 10.0 Å². The van der Waals surface area contributed by atoms with Gasteiger partial charge in [0.2, 0.25) is 16.0 Å². The lowest BCUT2D eigenvalue weighted by atomic mass is 10.1. The molecular formula is C20H21FN6O4S. The van der Waals surface area contributed by atoms with Crippen LogP contribution in [0.5, 0.6) is 5.75 Å². The number of nitrogens with zero attached hydrogens (tertiary/aromatic N) is 2. The quantitative estimate of drug-likeness (QED) is 0.403. The summed E-state index contributed by atoms with van der Waals surface area (Å²) >= 11 is 0. The molecule has 32 heavy (non-hydrogen) atoms. The number of hydrogen-bond acceptors (Lipinski definition) is 8. The van der Waals surface area contributed by atoms with Crippen LogP contribution in [-0.4, -0.2) is 44.7 Å². The van der Waals surface area contributed by atoms with E-state index in [2.05, 4.69) is 30.6 Å². The standard InChI is InChI=1S/C20H21FN6O4S/c1-22-19(28)12-8-9-17(31-2)16(10-12)25-20-23-11-13(21)18(26-20)24-14-6-4-5-7-15(14)27-32(3,29)30/h4-11,27H,1-3H3,(H,22,28)(H2,23,24,25,26). The molecule has 0 fully saturated rings. The average Bonchev–Trinajstić information content (AvgIpc) is 2.75. The van der Waals surface area contributed by atoms with Crippen molar-refractivity contribution in [3.05, 3.63) is 60.0 Å². The number of aromatic nitrogens is 2. The number of carbonyl (C=O) groups excluding carboxylic acids is 1. The van der Waals surface area contributed by atoms with Crippen molar-refractivity contribution in [2.45, 2.75) is 0 Å². The molecule has 0 aliphatic rings. The van der Waals surface area contributed by atoms with Gasteiger partial charge in [-0.25, -0.2) is 17.8 Å². The molecule has 0 saturated carbocycles. The zero-order chi connectivity index (χ0) is 23.3. The van der Waals surface area contributed by atoms with Crippen molar-refractivity contribution in [3.63, 3.8) is 0 Å². The van der Waals surface area contributed by atoms with Gasteiger partial charge >= 0.3 is 0 Å². The van der Waals surface area contributed by atoms with Crippen LogP contribution >= 0.6 is 0 Å². The van der Waals surface area contributed by atoms with E-state index in [0.717, 1.165) is 12.5 Å². The molecule has 1 aromatic heterocycles. The molecule has 2 aromatic carbocycles. The van der Waals surface area contributed by atoms with E-state index in [9.17, 15) is 17.6 Å². The van der Waals surface area contributed by atoms with E-state index in [-0.39, 0.29) is 23.4 Å². The van der Waals surface area contributed by atoms with Crippen LogP contribution < -0.4 is 25.4 Å². The van der Waals surface area contributed by atoms with E-state index in [1.54, 1.807) is 36.4 Å². The largest absolute Gasteiger partial charge is 0.495 e. The van der Waals surface area contributed by atoms with Crippen LogP contribution in [0.4, 0.5) is 33.2 Å². The topological polar surface area (TPSA) is 134 Å². The van der Waals surface area contributed by atoms with Crippen LogP contribution in [0.1, 0.15) is 10.4 Å². The third-order valence-corrected chi connectivity index (χ3v) is 4.75. The molecule has 0 radical (unpaired) electrons. The molecule has 3 rings (SSSR count). The highest BCUT2D eigenvalue weighted by Crippen LogP contribution is 2.30. The van der Waals surface area contributed by atoms with E-state index >= 15 is 0 Å². The fourth-order valence-electron chi connectivity index (χ4n) is 2.74. The second kappa shape index (κ2) is 9.47. The SMILES string of the molecule is CNC(=O)c1ccc(OC)c(Nc2ncc(F)c(Nc3ccccc3NS(C)(=O)=O)n2)c1. The summed E-state index contributed by atoms with van der Waals surface area (Å²) in [6.07, 6.45) is 1.97. The van der Waals surface area contributed by atoms with Crippen LogP contribution in [0.2, 0.25) is 0 Å². The lowest BCUT2D eigenvalue weighted by Gasteiger charge is -2.14. The number of ether oxygens (including phenoxy) is 1. The van der Waals surface area contributed by atoms with Crippen molar-refractivity contribution < 1.29 is 22.3 Å². The number of amides is 1. The first-order valence-corrected chi connectivity index (χ1v) is 11.1. The van der Waals surface area contributed by atoms with Gasteiger partial charge < -0.3 is 20.7 Å². The van der Waals surface area contributed by atoms with E-state index in [0.29, 0.717) is 22.7 Å². The molecule has 0 unspecified atom stereocenters.